The van der Waals surface area contributed by atoms with E-state index in [-0.39, 0.29) is 23.6 Å². The molecule has 0 radical (unpaired) electrons. The Balaban J connectivity index is 1.66. The highest BCUT2D eigenvalue weighted by molar-refractivity contribution is 7.10. The van der Waals surface area contributed by atoms with Crippen LogP contribution in [0.4, 0.5) is 0 Å². The zero-order valence-electron chi connectivity index (χ0n) is 16.6. The molecule has 1 atom stereocenters. The molecule has 2 heterocycles. The fourth-order valence-corrected chi connectivity index (χ4v) is 5.13. The molecule has 4 rings (SSSR count). The van der Waals surface area contributed by atoms with E-state index in [1.165, 1.54) is 17.8 Å². The number of nitrogens with one attached hydrogen (secondary N) is 1. The number of carbonyl (C=O) groups is 2. The first-order chi connectivity index (χ1) is 14.7. The summed E-state index contributed by atoms with van der Waals surface area (Å²) in [4.78, 5) is 29.3. The Kier molecular flexibility index (Phi) is 6.86. The Labute approximate surface area is 184 Å². The highest BCUT2D eigenvalue weighted by Gasteiger charge is 2.35. The molecule has 0 bridgehead atoms. The Morgan fingerprint density at radius 2 is 1.90 bits per heavy atom. The van der Waals surface area contributed by atoms with Crippen molar-refractivity contribution >= 4 is 34.7 Å². The van der Waals surface area contributed by atoms with E-state index in [9.17, 15) is 9.59 Å². The molecule has 1 aliphatic rings. The normalized spacial score (nSPS) is 15.5. The first kappa shape index (κ1) is 20.7. The van der Waals surface area contributed by atoms with E-state index in [1.54, 1.807) is 10.3 Å². The topological polar surface area (TPSA) is 75.2 Å². The first-order valence-electron chi connectivity index (χ1n) is 10.2. The number of hydrogen-bond donors (Lipinski definition) is 1. The highest BCUT2D eigenvalue weighted by Crippen LogP contribution is 2.30. The summed E-state index contributed by atoms with van der Waals surface area (Å²) in [5.41, 5.74) is 1.23. The largest absolute Gasteiger partial charge is 0.351 e. The number of thiophene rings is 1. The van der Waals surface area contributed by atoms with Crippen molar-refractivity contribution in [1.82, 2.24) is 19.8 Å². The van der Waals surface area contributed by atoms with E-state index in [2.05, 4.69) is 14.9 Å². The number of benzene rings is 1. The summed E-state index contributed by atoms with van der Waals surface area (Å²) < 4.78 is 3.84. The molecule has 1 N–H and O–H groups in total. The molecule has 0 aliphatic heterocycles. The number of amides is 2. The average molecular weight is 441 g/mol. The van der Waals surface area contributed by atoms with Crippen LogP contribution < -0.4 is 5.32 Å². The van der Waals surface area contributed by atoms with Crippen molar-refractivity contribution in [1.29, 1.82) is 0 Å². The van der Waals surface area contributed by atoms with Gasteiger partial charge in [0.25, 0.3) is 5.91 Å². The van der Waals surface area contributed by atoms with E-state index in [0.717, 1.165) is 47.7 Å². The smallest absolute Gasteiger partial charge is 0.276 e. The van der Waals surface area contributed by atoms with Crippen LogP contribution in [0.2, 0.25) is 0 Å². The van der Waals surface area contributed by atoms with Crippen LogP contribution in [-0.4, -0.2) is 32.3 Å². The zero-order chi connectivity index (χ0) is 20.8. The van der Waals surface area contributed by atoms with Crippen molar-refractivity contribution in [2.24, 2.45) is 0 Å². The van der Waals surface area contributed by atoms with E-state index in [1.807, 2.05) is 47.8 Å². The van der Waals surface area contributed by atoms with Crippen LogP contribution in [0, 0.1) is 0 Å². The molecule has 156 valence electrons. The molecule has 8 heteroatoms. The summed E-state index contributed by atoms with van der Waals surface area (Å²) >= 11 is 2.62. The standard InChI is InChI=1S/C22H24N4O2S2/c27-21(23-17-10-5-2-6-11-17)20(19-12-7-13-29-19)26(14-16-8-3-1-4-9-16)22(28)18-15-30-25-24-18/h1,3-4,7-9,12-13,15,17,20H,2,5-6,10-11,14H2,(H,23,27). The van der Waals surface area contributed by atoms with Crippen LogP contribution in [0.5, 0.6) is 0 Å². The minimum absolute atomic E-state index is 0.128. The number of nitrogens with zero attached hydrogens (tertiary/aromatic N) is 3. The Morgan fingerprint density at radius 3 is 2.57 bits per heavy atom. The number of hydrogen-bond acceptors (Lipinski definition) is 6. The third-order valence-corrected chi connectivity index (χ3v) is 6.79. The second-order valence-corrected chi connectivity index (χ2v) is 9.06. The lowest BCUT2D eigenvalue weighted by Crippen LogP contribution is -2.46. The molecule has 1 fully saturated rings. The third-order valence-electron chi connectivity index (χ3n) is 5.36. The second kappa shape index (κ2) is 9.95. The predicted molar refractivity (Wildman–Crippen MR) is 118 cm³/mol. The molecule has 2 aromatic heterocycles. The van der Waals surface area contributed by atoms with Gasteiger partial charge in [-0.3, -0.25) is 9.59 Å². The fourth-order valence-electron chi connectivity index (χ4n) is 3.86. The van der Waals surface area contributed by atoms with Crippen molar-refractivity contribution < 1.29 is 9.59 Å². The highest BCUT2D eigenvalue weighted by atomic mass is 32.1. The molecule has 1 saturated carbocycles. The van der Waals surface area contributed by atoms with Crippen molar-refractivity contribution in [3.63, 3.8) is 0 Å². The van der Waals surface area contributed by atoms with Gasteiger partial charge in [-0.05, 0) is 41.4 Å². The van der Waals surface area contributed by atoms with Crippen LogP contribution in [0.25, 0.3) is 0 Å². The van der Waals surface area contributed by atoms with E-state index in [0.29, 0.717) is 6.54 Å². The monoisotopic (exact) mass is 440 g/mol. The molecule has 3 aromatic rings. The summed E-state index contributed by atoms with van der Waals surface area (Å²) in [6, 6.07) is 13.0. The maximum atomic E-state index is 13.5. The van der Waals surface area contributed by atoms with Gasteiger partial charge in [0, 0.05) is 22.8 Å². The molecular formula is C22H24N4O2S2. The Bertz CT molecular complexity index is 939. The number of carbonyl (C=O) groups excluding carboxylic acids is 2. The Morgan fingerprint density at radius 1 is 1.10 bits per heavy atom. The van der Waals surface area contributed by atoms with Crippen LogP contribution >= 0.6 is 22.9 Å². The maximum absolute atomic E-state index is 13.5. The van der Waals surface area contributed by atoms with E-state index >= 15 is 0 Å². The van der Waals surface area contributed by atoms with Gasteiger partial charge in [-0.25, -0.2) is 0 Å². The summed E-state index contributed by atoms with van der Waals surface area (Å²) in [7, 11) is 0. The van der Waals surface area contributed by atoms with Crippen molar-refractivity contribution in [3.8, 4) is 0 Å². The zero-order valence-corrected chi connectivity index (χ0v) is 18.2. The van der Waals surface area contributed by atoms with Crippen molar-refractivity contribution in [2.45, 2.75) is 50.7 Å². The van der Waals surface area contributed by atoms with E-state index in [4.69, 9.17) is 0 Å². The third kappa shape index (κ3) is 4.94. The summed E-state index contributed by atoms with van der Waals surface area (Å²) in [5.74, 6) is -0.415. The summed E-state index contributed by atoms with van der Waals surface area (Å²) in [5, 5.41) is 10.7. The predicted octanol–water partition coefficient (Wildman–Crippen LogP) is 4.43. The lowest BCUT2D eigenvalue weighted by atomic mass is 9.95. The number of rotatable bonds is 7. The van der Waals surface area contributed by atoms with E-state index < -0.39 is 6.04 Å². The maximum Gasteiger partial charge on any atom is 0.276 e. The molecule has 2 amide bonds. The SMILES string of the molecule is O=C(NC1CCCCC1)C(c1cccs1)N(Cc1ccccc1)C(=O)c1csnn1. The van der Waals surface area contributed by atoms with Gasteiger partial charge in [0.2, 0.25) is 5.91 Å². The number of aromatic nitrogens is 2. The molecule has 6 nitrogen and oxygen atoms in total. The van der Waals surface area contributed by atoms with Crippen LogP contribution in [0.1, 0.15) is 59.1 Å². The van der Waals surface area contributed by atoms with Gasteiger partial charge in [-0.1, -0.05) is 60.1 Å². The molecular weight excluding hydrogens is 416 g/mol. The van der Waals surface area contributed by atoms with Crippen molar-refractivity contribution in [3.05, 3.63) is 69.4 Å². The van der Waals surface area contributed by atoms with Gasteiger partial charge in [0.15, 0.2) is 5.69 Å². The quantitative estimate of drug-likeness (QED) is 0.590. The minimum Gasteiger partial charge on any atom is -0.351 e. The van der Waals surface area contributed by atoms with Gasteiger partial charge in [0.1, 0.15) is 6.04 Å². The van der Waals surface area contributed by atoms with Crippen molar-refractivity contribution in [2.75, 3.05) is 0 Å². The second-order valence-electron chi connectivity index (χ2n) is 7.47. The Hall–Kier alpha value is -2.58. The molecule has 1 aromatic carbocycles. The summed E-state index contributed by atoms with van der Waals surface area (Å²) in [6.07, 6.45) is 5.46. The molecule has 1 aliphatic carbocycles. The lowest BCUT2D eigenvalue weighted by Gasteiger charge is -2.32. The van der Waals surface area contributed by atoms with Gasteiger partial charge < -0.3 is 10.2 Å². The van der Waals surface area contributed by atoms with Gasteiger partial charge in [0.05, 0.1) is 0 Å². The summed E-state index contributed by atoms with van der Waals surface area (Å²) in [6.45, 7) is 0.317. The molecule has 0 saturated heterocycles. The molecule has 0 spiro atoms. The fraction of sp³-hybridized carbons (Fsp3) is 0.364. The molecule has 30 heavy (non-hydrogen) atoms. The van der Waals surface area contributed by atoms with Crippen LogP contribution in [-0.2, 0) is 11.3 Å². The van der Waals surface area contributed by atoms with Gasteiger partial charge >= 0.3 is 0 Å². The first-order valence-corrected chi connectivity index (χ1v) is 11.9. The lowest BCUT2D eigenvalue weighted by molar-refractivity contribution is -0.127. The van der Waals surface area contributed by atoms with Gasteiger partial charge in [-0.2, -0.15) is 0 Å². The minimum atomic E-state index is -0.707. The van der Waals surface area contributed by atoms with Gasteiger partial charge in [-0.15, -0.1) is 16.4 Å². The average Bonchev–Trinajstić information content (AvgIpc) is 3.49. The molecule has 1 unspecified atom stereocenters. The van der Waals surface area contributed by atoms with Crippen LogP contribution in [0.15, 0.2) is 53.2 Å². The van der Waals surface area contributed by atoms with Crippen LogP contribution in [0.3, 0.4) is 0 Å².